The molecule has 0 aromatic carbocycles. The van der Waals surface area contributed by atoms with Crippen LogP contribution in [0, 0.1) is 5.92 Å². The van der Waals surface area contributed by atoms with Crippen molar-refractivity contribution in [1.82, 2.24) is 5.32 Å². The van der Waals surface area contributed by atoms with Gasteiger partial charge in [0.15, 0.2) is 0 Å². The average Bonchev–Trinajstić information content (AvgIpc) is 1.98. The summed E-state index contributed by atoms with van der Waals surface area (Å²) in [5, 5.41) is 10.6. The number of nitrogens with one attached hydrogen (secondary N) is 1. The first-order valence-electron chi connectivity index (χ1n) is 5.02. The number of carboxylic acids is 1. The molecule has 5 nitrogen and oxygen atoms in total. The van der Waals surface area contributed by atoms with Crippen molar-refractivity contribution in [2.45, 2.75) is 45.1 Å². The maximum atomic E-state index is 11.3. The van der Waals surface area contributed by atoms with Crippen LogP contribution < -0.4 is 5.32 Å². The second-order valence-corrected chi connectivity index (χ2v) is 5.26. The van der Waals surface area contributed by atoms with Gasteiger partial charge in [-0.1, -0.05) is 6.92 Å². The summed E-state index contributed by atoms with van der Waals surface area (Å²) >= 11 is 4.08. The van der Waals surface area contributed by atoms with Crippen molar-refractivity contribution in [3.05, 3.63) is 0 Å². The molecule has 0 aromatic rings. The quantitative estimate of drug-likeness (QED) is 0.525. The standard InChI is InChI=1S/C10H19NO4S/c1-6(8(12)13)5-7(16)11-9(14)15-10(2,3)4/h6-7,16H,5H2,1-4H3,(H,11,14)(H,12,13). The highest BCUT2D eigenvalue weighted by molar-refractivity contribution is 7.80. The molecule has 0 saturated heterocycles. The van der Waals surface area contributed by atoms with Gasteiger partial charge in [-0.05, 0) is 27.2 Å². The smallest absolute Gasteiger partial charge is 0.408 e. The first-order chi connectivity index (χ1) is 7.11. The minimum absolute atomic E-state index is 0.248. The summed E-state index contributed by atoms with van der Waals surface area (Å²) in [6.07, 6.45) is -0.345. The zero-order chi connectivity index (χ0) is 12.9. The molecule has 94 valence electrons. The van der Waals surface area contributed by atoms with E-state index in [1.165, 1.54) is 0 Å². The van der Waals surface area contributed by atoms with Crippen LogP contribution >= 0.6 is 12.6 Å². The highest BCUT2D eigenvalue weighted by Crippen LogP contribution is 2.11. The third-order valence-corrected chi connectivity index (χ3v) is 2.02. The lowest BCUT2D eigenvalue weighted by Gasteiger charge is -2.22. The van der Waals surface area contributed by atoms with Crippen LogP contribution in [0.3, 0.4) is 0 Å². The van der Waals surface area contributed by atoms with Crippen LogP contribution in [0.5, 0.6) is 0 Å². The van der Waals surface area contributed by atoms with Crippen LogP contribution in [-0.4, -0.2) is 28.1 Å². The normalized spacial score (nSPS) is 15.1. The maximum absolute atomic E-state index is 11.3. The van der Waals surface area contributed by atoms with Gasteiger partial charge >= 0.3 is 12.1 Å². The lowest BCUT2D eigenvalue weighted by molar-refractivity contribution is -0.141. The SMILES string of the molecule is CC(CC(S)NC(=O)OC(C)(C)C)C(=O)O. The monoisotopic (exact) mass is 249 g/mol. The zero-order valence-electron chi connectivity index (χ0n) is 9.98. The van der Waals surface area contributed by atoms with Crippen molar-refractivity contribution in [2.24, 2.45) is 5.92 Å². The molecule has 16 heavy (non-hydrogen) atoms. The van der Waals surface area contributed by atoms with E-state index in [9.17, 15) is 9.59 Å². The molecule has 6 heteroatoms. The summed E-state index contributed by atoms with van der Waals surface area (Å²) in [5.74, 6) is -1.47. The molecule has 0 saturated carbocycles. The molecule has 0 heterocycles. The third-order valence-electron chi connectivity index (χ3n) is 1.68. The van der Waals surface area contributed by atoms with E-state index in [1.807, 2.05) is 0 Å². The fourth-order valence-electron chi connectivity index (χ4n) is 0.938. The van der Waals surface area contributed by atoms with E-state index >= 15 is 0 Å². The Morgan fingerprint density at radius 2 is 1.94 bits per heavy atom. The van der Waals surface area contributed by atoms with Crippen molar-refractivity contribution in [3.63, 3.8) is 0 Å². The Hall–Kier alpha value is -0.910. The van der Waals surface area contributed by atoms with Gasteiger partial charge in [0.05, 0.1) is 11.3 Å². The fraction of sp³-hybridized carbons (Fsp3) is 0.800. The molecular weight excluding hydrogens is 230 g/mol. The highest BCUT2D eigenvalue weighted by Gasteiger charge is 2.20. The second-order valence-electron chi connectivity index (χ2n) is 4.64. The number of amides is 1. The summed E-state index contributed by atoms with van der Waals surface area (Å²) in [6.45, 7) is 6.81. The van der Waals surface area contributed by atoms with Crippen molar-refractivity contribution >= 4 is 24.7 Å². The summed E-state index contributed by atoms with van der Waals surface area (Å²) < 4.78 is 5.00. The van der Waals surface area contributed by atoms with Crippen LogP contribution in [0.15, 0.2) is 0 Å². The van der Waals surface area contributed by atoms with E-state index in [2.05, 4.69) is 17.9 Å². The minimum Gasteiger partial charge on any atom is -0.481 e. The maximum Gasteiger partial charge on any atom is 0.408 e. The minimum atomic E-state index is -0.912. The van der Waals surface area contributed by atoms with Gasteiger partial charge in [0.2, 0.25) is 0 Å². The molecule has 2 N–H and O–H groups in total. The van der Waals surface area contributed by atoms with Gasteiger partial charge in [-0.2, -0.15) is 12.6 Å². The number of hydrogen-bond donors (Lipinski definition) is 3. The summed E-state index contributed by atoms with van der Waals surface area (Å²) in [6, 6.07) is 0. The van der Waals surface area contributed by atoms with Crippen molar-refractivity contribution in [3.8, 4) is 0 Å². The number of carbonyl (C=O) groups excluding carboxylic acids is 1. The Morgan fingerprint density at radius 1 is 1.44 bits per heavy atom. The van der Waals surface area contributed by atoms with E-state index in [1.54, 1.807) is 27.7 Å². The van der Waals surface area contributed by atoms with Crippen LogP contribution in [0.2, 0.25) is 0 Å². The molecule has 2 unspecified atom stereocenters. The number of ether oxygens (including phenoxy) is 1. The van der Waals surface area contributed by atoms with E-state index in [0.717, 1.165) is 0 Å². The molecule has 0 aromatic heterocycles. The molecule has 2 atom stereocenters. The summed E-state index contributed by atoms with van der Waals surface area (Å²) in [7, 11) is 0. The Labute approximate surface area is 101 Å². The Bertz CT molecular complexity index is 262. The first kappa shape index (κ1) is 15.1. The molecule has 0 radical (unpaired) electrons. The van der Waals surface area contributed by atoms with Gasteiger partial charge in [-0.25, -0.2) is 4.79 Å². The number of alkyl carbamates (subject to hydrolysis) is 1. The van der Waals surface area contributed by atoms with Crippen LogP contribution in [0.4, 0.5) is 4.79 Å². The fourth-order valence-corrected chi connectivity index (χ4v) is 1.36. The number of hydrogen-bond acceptors (Lipinski definition) is 4. The molecule has 0 bridgehead atoms. The highest BCUT2D eigenvalue weighted by atomic mass is 32.1. The topological polar surface area (TPSA) is 75.6 Å². The van der Waals surface area contributed by atoms with E-state index < -0.39 is 29.0 Å². The molecule has 1 amide bonds. The van der Waals surface area contributed by atoms with Gasteiger partial charge in [0, 0.05) is 0 Å². The van der Waals surface area contributed by atoms with Gasteiger partial charge in [-0.15, -0.1) is 0 Å². The average molecular weight is 249 g/mol. The molecule has 0 rings (SSSR count). The third kappa shape index (κ3) is 7.39. The zero-order valence-corrected chi connectivity index (χ0v) is 10.9. The van der Waals surface area contributed by atoms with Crippen LogP contribution in [0.25, 0.3) is 0 Å². The lowest BCUT2D eigenvalue weighted by atomic mass is 10.1. The Morgan fingerprint density at radius 3 is 2.31 bits per heavy atom. The number of aliphatic carboxylic acids is 1. The lowest BCUT2D eigenvalue weighted by Crippen LogP contribution is -2.37. The van der Waals surface area contributed by atoms with Crippen molar-refractivity contribution in [1.29, 1.82) is 0 Å². The van der Waals surface area contributed by atoms with Crippen LogP contribution in [-0.2, 0) is 9.53 Å². The largest absolute Gasteiger partial charge is 0.481 e. The van der Waals surface area contributed by atoms with E-state index in [0.29, 0.717) is 0 Å². The van der Waals surface area contributed by atoms with Crippen molar-refractivity contribution < 1.29 is 19.4 Å². The van der Waals surface area contributed by atoms with Crippen LogP contribution in [0.1, 0.15) is 34.1 Å². The number of rotatable bonds is 4. The molecule has 0 aliphatic rings. The number of carbonyl (C=O) groups is 2. The van der Waals surface area contributed by atoms with E-state index in [-0.39, 0.29) is 6.42 Å². The Balaban J connectivity index is 4.01. The molecule has 0 aliphatic heterocycles. The van der Waals surface area contributed by atoms with Gasteiger partial charge < -0.3 is 15.2 Å². The van der Waals surface area contributed by atoms with E-state index in [4.69, 9.17) is 9.84 Å². The van der Waals surface area contributed by atoms with Gasteiger partial charge in [0.25, 0.3) is 0 Å². The van der Waals surface area contributed by atoms with Gasteiger partial charge in [0.1, 0.15) is 5.60 Å². The number of thiol groups is 1. The molecular formula is C10H19NO4S. The molecule has 0 spiro atoms. The Kier molecular flexibility index (Phi) is 5.64. The number of carboxylic acid groups (broad SMARTS) is 1. The molecule has 0 fully saturated rings. The van der Waals surface area contributed by atoms with Crippen molar-refractivity contribution in [2.75, 3.05) is 0 Å². The second kappa shape index (κ2) is 5.98. The predicted molar refractivity (Wildman–Crippen MR) is 63.6 cm³/mol. The predicted octanol–water partition coefficient (Wildman–Crippen LogP) is 1.88. The first-order valence-corrected chi connectivity index (χ1v) is 5.54. The van der Waals surface area contributed by atoms with Gasteiger partial charge in [-0.3, -0.25) is 4.79 Å². The summed E-state index contributed by atoms with van der Waals surface area (Å²) in [4.78, 5) is 21.9. The summed E-state index contributed by atoms with van der Waals surface area (Å²) in [5.41, 5.74) is -0.573. The molecule has 0 aliphatic carbocycles.